The topological polar surface area (TPSA) is 86.6 Å². The molecule has 2 aliphatic rings. The van der Waals surface area contributed by atoms with Gasteiger partial charge >= 0.3 is 0 Å². The number of aromatic nitrogens is 3. The van der Waals surface area contributed by atoms with Crippen molar-refractivity contribution in [3.05, 3.63) is 65.3 Å². The Hall–Kier alpha value is -3.31. The third-order valence-corrected chi connectivity index (χ3v) is 7.73. The van der Waals surface area contributed by atoms with E-state index in [9.17, 15) is 17.2 Å². The van der Waals surface area contributed by atoms with Crippen molar-refractivity contribution < 1.29 is 26.7 Å². The van der Waals surface area contributed by atoms with Crippen LogP contribution in [0.4, 0.5) is 8.78 Å². The van der Waals surface area contributed by atoms with E-state index in [2.05, 4.69) is 10.1 Å². The highest BCUT2D eigenvalue weighted by Gasteiger charge is 2.35. The standard InChI is InChI=1S/C24H24F2N4O4S/c1-33-21-8-22(34-2)24(26)19(23(21)25)6-14-4-5-20-18(14)7-15(9-27-20)16-10-28-30(11-16)17-12-29(13-17)35(3,31)32/h4,7-11,17H,5-6,12-13H2,1-3H3. The minimum atomic E-state index is -3.20. The molecular weight excluding hydrogens is 478 g/mol. The van der Waals surface area contributed by atoms with Crippen LogP contribution in [0.1, 0.15) is 22.9 Å². The number of hydrogen-bond acceptors (Lipinski definition) is 6. The molecule has 1 aromatic carbocycles. The van der Waals surface area contributed by atoms with Gasteiger partial charge in [0.2, 0.25) is 10.0 Å². The molecule has 0 N–H and O–H groups in total. The number of hydrogen-bond donors (Lipinski definition) is 0. The number of methoxy groups -OCH3 is 2. The smallest absolute Gasteiger partial charge is 0.211 e. The van der Waals surface area contributed by atoms with Crippen LogP contribution in [-0.4, -0.2) is 61.1 Å². The Morgan fingerprint density at radius 1 is 1.06 bits per heavy atom. The van der Waals surface area contributed by atoms with Gasteiger partial charge in [-0.15, -0.1) is 0 Å². The van der Waals surface area contributed by atoms with Crippen LogP contribution in [0.5, 0.6) is 11.5 Å². The second-order valence-corrected chi connectivity index (χ2v) is 10.6. The molecular formula is C24H24F2N4O4S. The number of sulfonamides is 1. The van der Waals surface area contributed by atoms with Crippen molar-refractivity contribution >= 4 is 15.6 Å². The van der Waals surface area contributed by atoms with Gasteiger partial charge in [-0.2, -0.15) is 9.40 Å². The van der Waals surface area contributed by atoms with Crippen molar-refractivity contribution in [2.45, 2.75) is 18.9 Å². The van der Waals surface area contributed by atoms with Crippen LogP contribution in [0.2, 0.25) is 0 Å². The van der Waals surface area contributed by atoms with E-state index in [1.165, 1.54) is 30.8 Å². The number of fused-ring (bicyclic) bond motifs is 1. The summed E-state index contributed by atoms with van der Waals surface area (Å²) in [5.41, 5.74) is 3.92. The summed E-state index contributed by atoms with van der Waals surface area (Å²) < 4.78 is 66.4. The molecule has 35 heavy (non-hydrogen) atoms. The maximum atomic E-state index is 14.9. The van der Waals surface area contributed by atoms with Crippen LogP contribution in [-0.2, 0) is 22.9 Å². The summed E-state index contributed by atoms with van der Waals surface area (Å²) in [6.07, 6.45) is 9.01. The molecule has 1 aliphatic heterocycles. The zero-order chi connectivity index (χ0) is 24.9. The number of halogens is 2. The SMILES string of the molecule is COc1cc(OC)c(F)c(CC2=CCc3ncc(-c4cnn(C5CN(S(C)(=O)=O)C5)c4)cc32)c1F. The molecule has 0 bridgehead atoms. The Kier molecular flexibility index (Phi) is 5.84. The van der Waals surface area contributed by atoms with Crippen molar-refractivity contribution in [2.24, 2.45) is 0 Å². The fourth-order valence-corrected chi connectivity index (χ4v) is 5.30. The molecule has 0 radical (unpaired) electrons. The lowest BCUT2D eigenvalue weighted by Gasteiger charge is -2.37. The molecule has 0 atom stereocenters. The first kappa shape index (κ1) is 23.4. The molecule has 8 nitrogen and oxygen atoms in total. The Morgan fingerprint density at radius 2 is 1.74 bits per heavy atom. The molecule has 2 aromatic heterocycles. The van der Waals surface area contributed by atoms with Crippen molar-refractivity contribution in [3.8, 4) is 22.6 Å². The lowest BCUT2D eigenvalue weighted by molar-refractivity contribution is 0.192. The van der Waals surface area contributed by atoms with Gasteiger partial charge in [0.05, 0.1) is 38.4 Å². The van der Waals surface area contributed by atoms with E-state index in [0.717, 1.165) is 28.0 Å². The summed E-state index contributed by atoms with van der Waals surface area (Å²) in [6.45, 7) is 0.771. The van der Waals surface area contributed by atoms with Crippen LogP contribution in [0.25, 0.3) is 16.7 Å². The molecule has 1 saturated heterocycles. The summed E-state index contributed by atoms with van der Waals surface area (Å²) in [7, 11) is -0.556. The summed E-state index contributed by atoms with van der Waals surface area (Å²) in [5, 5.41) is 4.40. The number of pyridine rings is 1. The van der Waals surface area contributed by atoms with Gasteiger partial charge in [0, 0.05) is 66.6 Å². The zero-order valence-corrected chi connectivity index (χ0v) is 20.3. The summed E-state index contributed by atoms with van der Waals surface area (Å²) in [5.74, 6) is -1.67. The number of rotatable bonds is 7. The molecule has 3 aromatic rings. The molecule has 0 unspecified atom stereocenters. The zero-order valence-electron chi connectivity index (χ0n) is 19.5. The van der Waals surface area contributed by atoms with E-state index in [4.69, 9.17) is 9.47 Å². The van der Waals surface area contributed by atoms with Crippen molar-refractivity contribution in [2.75, 3.05) is 33.6 Å². The molecule has 5 rings (SSSR count). The normalized spacial score (nSPS) is 16.1. The summed E-state index contributed by atoms with van der Waals surface area (Å²) in [4.78, 5) is 4.56. The Labute approximate surface area is 201 Å². The lowest BCUT2D eigenvalue weighted by atomic mass is 9.97. The van der Waals surface area contributed by atoms with Crippen LogP contribution in [0.3, 0.4) is 0 Å². The second kappa shape index (κ2) is 8.72. The molecule has 3 heterocycles. The first-order valence-electron chi connectivity index (χ1n) is 11.0. The molecule has 0 spiro atoms. The maximum Gasteiger partial charge on any atom is 0.211 e. The van der Waals surface area contributed by atoms with E-state index in [1.807, 2.05) is 18.3 Å². The van der Waals surface area contributed by atoms with Crippen LogP contribution in [0, 0.1) is 11.6 Å². The van der Waals surface area contributed by atoms with E-state index >= 15 is 0 Å². The number of ether oxygens (including phenoxy) is 2. The second-order valence-electron chi connectivity index (χ2n) is 8.66. The molecule has 0 saturated carbocycles. The lowest BCUT2D eigenvalue weighted by Crippen LogP contribution is -2.50. The van der Waals surface area contributed by atoms with E-state index in [1.54, 1.807) is 17.1 Å². The average molecular weight is 503 g/mol. The van der Waals surface area contributed by atoms with Crippen LogP contribution in [0.15, 0.2) is 36.8 Å². The van der Waals surface area contributed by atoms with E-state index in [-0.39, 0.29) is 29.5 Å². The Bertz CT molecular complexity index is 1420. The van der Waals surface area contributed by atoms with Gasteiger partial charge in [0.1, 0.15) is 0 Å². The van der Waals surface area contributed by atoms with Crippen LogP contribution < -0.4 is 9.47 Å². The van der Waals surface area contributed by atoms with Gasteiger partial charge in [-0.3, -0.25) is 9.67 Å². The summed E-state index contributed by atoms with van der Waals surface area (Å²) >= 11 is 0. The monoisotopic (exact) mass is 502 g/mol. The largest absolute Gasteiger partial charge is 0.494 e. The fourth-order valence-electron chi connectivity index (χ4n) is 4.41. The number of benzene rings is 1. The van der Waals surface area contributed by atoms with Crippen molar-refractivity contribution in [1.82, 2.24) is 19.1 Å². The number of nitrogens with zero attached hydrogens (tertiary/aromatic N) is 4. The molecule has 1 fully saturated rings. The van der Waals surface area contributed by atoms with Gasteiger partial charge in [0.25, 0.3) is 0 Å². The Morgan fingerprint density at radius 3 is 2.37 bits per heavy atom. The van der Waals surface area contributed by atoms with Crippen molar-refractivity contribution in [3.63, 3.8) is 0 Å². The highest BCUT2D eigenvalue weighted by Crippen LogP contribution is 2.37. The van der Waals surface area contributed by atoms with Gasteiger partial charge < -0.3 is 9.47 Å². The first-order chi connectivity index (χ1) is 16.7. The third kappa shape index (κ3) is 4.19. The Balaban J connectivity index is 1.40. The predicted octanol–water partition coefficient (Wildman–Crippen LogP) is 3.24. The van der Waals surface area contributed by atoms with Crippen LogP contribution >= 0.6 is 0 Å². The molecule has 184 valence electrons. The molecule has 0 amide bonds. The van der Waals surface area contributed by atoms with E-state index < -0.39 is 21.7 Å². The number of allylic oxidation sites excluding steroid dienone is 2. The van der Waals surface area contributed by atoms with Gasteiger partial charge in [-0.1, -0.05) is 6.08 Å². The predicted molar refractivity (Wildman–Crippen MR) is 126 cm³/mol. The third-order valence-electron chi connectivity index (χ3n) is 6.50. The van der Waals surface area contributed by atoms with Crippen molar-refractivity contribution in [1.29, 1.82) is 0 Å². The van der Waals surface area contributed by atoms with Gasteiger partial charge in [-0.25, -0.2) is 17.2 Å². The summed E-state index contributed by atoms with van der Waals surface area (Å²) in [6, 6.07) is 3.12. The fraction of sp³-hybridized carbons (Fsp3) is 0.333. The minimum Gasteiger partial charge on any atom is -0.494 e. The highest BCUT2D eigenvalue weighted by molar-refractivity contribution is 7.88. The molecule has 1 aliphatic carbocycles. The quantitative estimate of drug-likeness (QED) is 0.493. The van der Waals surface area contributed by atoms with E-state index in [0.29, 0.717) is 19.5 Å². The van der Waals surface area contributed by atoms with Gasteiger partial charge in [0.15, 0.2) is 23.1 Å². The average Bonchev–Trinajstić information content (AvgIpc) is 3.42. The maximum absolute atomic E-state index is 14.9. The highest BCUT2D eigenvalue weighted by atomic mass is 32.2. The van der Waals surface area contributed by atoms with Gasteiger partial charge in [-0.05, 0) is 11.6 Å². The molecule has 11 heteroatoms. The minimum absolute atomic E-state index is 0.0199. The first-order valence-corrected chi connectivity index (χ1v) is 12.8.